The highest BCUT2D eigenvalue weighted by atomic mass is 35.5. The third-order valence-electron chi connectivity index (χ3n) is 2.90. The highest BCUT2D eigenvalue weighted by Gasteiger charge is 2.54. The number of hydroxylamine groups is 2. The first-order chi connectivity index (χ1) is 5.69. The molecule has 3 nitrogen and oxygen atoms in total. The lowest BCUT2D eigenvalue weighted by molar-refractivity contribution is -0.247. The van der Waals surface area contributed by atoms with Gasteiger partial charge in [0.25, 0.3) is 0 Å². The van der Waals surface area contributed by atoms with Crippen molar-refractivity contribution in [3.05, 3.63) is 0 Å². The van der Waals surface area contributed by atoms with Crippen molar-refractivity contribution < 1.29 is 10.0 Å². The molecule has 1 aliphatic rings. The van der Waals surface area contributed by atoms with Crippen LogP contribution in [0, 0.1) is 5.92 Å². The fourth-order valence-corrected chi connectivity index (χ4v) is 2.46. The Hall–Kier alpha value is -0.120. The Morgan fingerprint density at radius 3 is 2.00 bits per heavy atom. The normalized spacial score (nSPS) is 32.0. The van der Waals surface area contributed by atoms with Crippen molar-refractivity contribution >= 4 is 16.8 Å². The van der Waals surface area contributed by atoms with Crippen LogP contribution >= 0.6 is 11.6 Å². The van der Waals surface area contributed by atoms with E-state index in [4.69, 9.17) is 11.6 Å². The molecule has 0 bridgehead atoms. The zero-order valence-corrected chi connectivity index (χ0v) is 9.18. The second kappa shape index (κ2) is 2.94. The van der Waals surface area contributed by atoms with Crippen LogP contribution in [0.2, 0.25) is 0 Å². The van der Waals surface area contributed by atoms with Gasteiger partial charge in [-0.15, -0.1) is 10.3 Å². The molecule has 1 heterocycles. The maximum atomic E-state index is 11.8. The molecular weight excluding hydrogens is 190 g/mol. The maximum absolute atomic E-state index is 11.8. The van der Waals surface area contributed by atoms with Crippen molar-refractivity contribution in [1.82, 2.24) is 5.06 Å². The van der Waals surface area contributed by atoms with E-state index in [9.17, 15) is 10.0 Å². The second-order valence-electron chi connectivity index (χ2n) is 4.82. The molecule has 0 aliphatic carbocycles. The van der Waals surface area contributed by atoms with Crippen LogP contribution in [0.4, 0.5) is 0 Å². The molecule has 75 valence electrons. The minimum atomic E-state index is -0.678. The Morgan fingerprint density at radius 1 is 1.38 bits per heavy atom. The van der Waals surface area contributed by atoms with E-state index in [0.717, 1.165) is 5.06 Å². The maximum Gasteiger partial charge on any atom is 0.226 e. The van der Waals surface area contributed by atoms with Crippen molar-refractivity contribution in [1.29, 1.82) is 0 Å². The van der Waals surface area contributed by atoms with Crippen molar-refractivity contribution in [3.63, 3.8) is 0 Å². The molecular formula is C9H15ClNO2. The van der Waals surface area contributed by atoms with Gasteiger partial charge in [-0.25, -0.2) is 0 Å². The van der Waals surface area contributed by atoms with Gasteiger partial charge in [0.2, 0.25) is 5.24 Å². The van der Waals surface area contributed by atoms with Crippen LogP contribution in [0.1, 0.15) is 34.1 Å². The van der Waals surface area contributed by atoms with E-state index >= 15 is 0 Å². The van der Waals surface area contributed by atoms with Crippen molar-refractivity contribution in [2.75, 3.05) is 0 Å². The largest absolute Gasteiger partial charge is 0.281 e. The molecule has 0 aromatic heterocycles. The third-order valence-corrected chi connectivity index (χ3v) is 3.17. The van der Waals surface area contributed by atoms with E-state index in [2.05, 4.69) is 0 Å². The van der Waals surface area contributed by atoms with E-state index in [1.807, 2.05) is 13.8 Å². The summed E-state index contributed by atoms with van der Waals surface area (Å²) in [7, 11) is 0. The van der Waals surface area contributed by atoms with E-state index in [1.54, 1.807) is 13.8 Å². The van der Waals surface area contributed by atoms with Gasteiger partial charge < -0.3 is 0 Å². The van der Waals surface area contributed by atoms with Crippen LogP contribution in [0.5, 0.6) is 0 Å². The van der Waals surface area contributed by atoms with Gasteiger partial charge >= 0.3 is 0 Å². The molecule has 1 fully saturated rings. The van der Waals surface area contributed by atoms with Crippen molar-refractivity contribution in [2.45, 2.75) is 45.2 Å². The van der Waals surface area contributed by atoms with Crippen LogP contribution in [0.15, 0.2) is 0 Å². The number of rotatable bonds is 1. The average Bonchev–Trinajstić information content (AvgIpc) is 2.11. The fourth-order valence-electron chi connectivity index (χ4n) is 2.11. The highest BCUT2D eigenvalue weighted by molar-refractivity contribution is 6.64. The standard InChI is InChI=1S/C9H15ClNO2/c1-8(2)5-6(7(10)12)9(3,4)11(8)13/h6H,5H2,1-4H3. The Kier molecular flexibility index (Phi) is 2.48. The number of hydrogen-bond acceptors (Lipinski definition) is 2. The lowest BCUT2D eigenvalue weighted by atomic mass is 9.88. The quantitative estimate of drug-likeness (QED) is 0.613. The summed E-state index contributed by atoms with van der Waals surface area (Å²) in [4.78, 5) is 11.1. The molecule has 1 aliphatic heterocycles. The Balaban J connectivity index is 3.00. The van der Waals surface area contributed by atoms with Crippen molar-refractivity contribution in [3.8, 4) is 0 Å². The van der Waals surface area contributed by atoms with Crippen LogP contribution in [-0.4, -0.2) is 21.4 Å². The third kappa shape index (κ3) is 1.60. The first-order valence-electron chi connectivity index (χ1n) is 4.36. The zero-order valence-electron chi connectivity index (χ0n) is 8.43. The van der Waals surface area contributed by atoms with Crippen LogP contribution in [0.25, 0.3) is 0 Å². The summed E-state index contributed by atoms with van der Waals surface area (Å²) in [5.41, 5.74) is -1.17. The molecule has 1 rings (SSSR count). The monoisotopic (exact) mass is 204 g/mol. The minimum Gasteiger partial charge on any atom is -0.281 e. The summed E-state index contributed by atoms with van der Waals surface area (Å²) in [5, 5.41) is 12.4. The molecule has 0 spiro atoms. The van der Waals surface area contributed by atoms with Gasteiger partial charge in [0.05, 0.1) is 11.5 Å². The number of halogens is 1. The lowest BCUT2D eigenvalue weighted by Gasteiger charge is -2.32. The molecule has 0 aromatic carbocycles. The topological polar surface area (TPSA) is 40.2 Å². The number of carbonyl (C=O) groups is 1. The molecule has 1 unspecified atom stereocenters. The van der Waals surface area contributed by atoms with E-state index in [-0.39, 0.29) is 5.92 Å². The molecule has 0 saturated carbocycles. The van der Waals surface area contributed by atoms with Crippen LogP contribution < -0.4 is 0 Å². The molecule has 13 heavy (non-hydrogen) atoms. The van der Waals surface area contributed by atoms with Gasteiger partial charge in [0, 0.05) is 5.54 Å². The molecule has 1 atom stereocenters. The SMILES string of the molecule is CC1(C)CC(C(=O)Cl)C(C)(C)N1[O]. The number of nitrogens with zero attached hydrogens (tertiary/aromatic N) is 1. The van der Waals surface area contributed by atoms with Gasteiger partial charge in [-0.1, -0.05) is 0 Å². The predicted octanol–water partition coefficient (Wildman–Crippen LogP) is 1.98. The molecule has 0 aromatic rings. The lowest BCUT2D eigenvalue weighted by Crippen LogP contribution is -2.47. The zero-order chi connectivity index (χ0) is 10.4. The molecule has 1 saturated heterocycles. The average molecular weight is 205 g/mol. The van der Waals surface area contributed by atoms with Crippen LogP contribution in [0.3, 0.4) is 0 Å². The Bertz CT molecular complexity index is 238. The molecule has 0 N–H and O–H groups in total. The Labute approximate surface area is 83.6 Å². The van der Waals surface area contributed by atoms with Crippen LogP contribution in [-0.2, 0) is 10.0 Å². The predicted molar refractivity (Wildman–Crippen MR) is 49.7 cm³/mol. The Morgan fingerprint density at radius 2 is 1.85 bits per heavy atom. The smallest absolute Gasteiger partial charge is 0.226 e. The first kappa shape index (κ1) is 11.0. The van der Waals surface area contributed by atoms with Gasteiger partial charge in [0.1, 0.15) is 0 Å². The van der Waals surface area contributed by atoms with Gasteiger partial charge in [0.15, 0.2) is 0 Å². The fraction of sp³-hybridized carbons (Fsp3) is 0.889. The summed E-state index contributed by atoms with van der Waals surface area (Å²) in [5.74, 6) is -0.360. The molecule has 1 radical (unpaired) electrons. The van der Waals surface area contributed by atoms with Gasteiger partial charge in [-0.05, 0) is 45.7 Å². The van der Waals surface area contributed by atoms with E-state index in [1.165, 1.54) is 0 Å². The summed E-state index contributed by atoms with van der Waals surface area (Å²) in [6, 6.07) is 0. The molecule has 0 amide bonds. The second-order valence-corrected chi connectivity index (χ2v) is 5.19. The summed E-state index contributed by atoms with van der Waals surface area (Å²) >= 11 is 5.46. The minimum absolute atomic E-state index is 0.360. The summed E-state index contributed by atoms with van der Waals surface area (Å²) < 4.78 is 0. The van der Waals surface area contributed by atoms with Gasteiger partial charge in [-0.2, -0.15) is 0 Å². The highest BCUT2D eigenvalue weighted by Crippen LogP contribution is 2.44. The van der Waals surface area contributed by atoms with Crippen molar-refractivity contribution in [2.24, 2.45) is 5.92 Å². The molecule has 4 heteroatoms. The number of carbonyl (C=O) groups excluding carboxylic acids is 1. The number of hydrogen-bond donors (Lipinski definition) is 0. The summed E-state index contributed by atoms with van der Waals surface area (Å²) in [6.45, 7) is 7.20. The summed E-state index contributed by atoms with van der Waals surface area (Å²) in [6.07, 6.45) is 0.534. The van der Waals surface area contributed by atoms with Gasteiger partial charge in [-0.3, -0.25) is 4.79 Å². The van der Waals surface area contributed by atoms with E-state index in [0.29, 0.717) is 6.42 Å². The van der Waals surface area contributed by atoms with E-state index < -0.39 is 16.3 Å². The first-order valence-corrected chi connectivity index (χ1v) is 4.74.